The van der Waals surface area contributed by atoms with Crippen molar-refractivity contribution >= 4 is 5.78 Å². The van der Waals surface area contributed by atoms with Crippen LogP contribution < -0.4 is 0 Å². The molecule has 0 aromatic carbocycles. The molecule has 64 valence electrons. The third-order valence-electron chi connectivity index (χ3n) is 3.97. The van der Waals surface area contributed by atoms with Crippen LogP contribution in [0.2, 0.25) is 0 Å². The lowest BCUT2D eigenvalue weighted by atomic mass is 9.73. The van der Waals surface area contributed by atoms with Crippen LogP contribution in [0.5, 0.6) is 0 Å². The number of fused-ring (bicyclic) bond motifs is 3. The summed E-state index contributed by atoms with van der Waals surface area (Å²) >= 11 is 0. The second-order valence-corrected chi connectivity index (χ2v) is 4.94. The van der Waals surface area contributed by atoms with Crippen LogP contribution in [0.4, 0.5) is 0 Å². The van der Waals surface area contributed by atoms with Gasteiger partial charge in [-0.15, -0.1) is 0 Å². The predicted molar refractivity (Wildman–Crippen MR) is 46.6 cm³/mol. The van der Waals surface area contributed by atoms with Gasteiger partial charge in [-0.2, -0.15) is 0 Å². The van der Waals surface area contributed by atoms with Crippen LogP contribution in [0.15, 0.2) is 11.6 Å². The van der Waals surface area contributed by atoms with Gasteiger partial charge in [-0.1, -0.05) is 12.5 Å². The lowest BCUT2D eigenvalue weighted by Gasteiger charge is -2.31. The van der Waals surface area contributed by atoms with E-state index in [2.05, 4.69) is 6.92 Å². The van der Waals surface area contributed by atoms with E-state index in [4.69, 9.17) is 0 Å². The summed E-state index contributed by atoms with van der Waals surface area (Å²) < 4.78 is 0. The first-order valence-corrected chi connectivity index (χ1v) is 4.94. The van der Waals surface area contributed by atoms with Crippen molar-refractivity contribution in [2.24, 2.45) is 17.3 Å². The molecule has 0 spiro atoms. The first-order valence-electron chi connectivity index (χ1n) is 4.94. The molecule has 0 unspecified atom stereocenters. The molecule has 0 aromatic heterocycles. The first-order chi connectivity index (χ1) is 5.69. The predicted octanol–water partition coefficient (Wildman–Crippen LogP) is 2.32. The third kappa shape index (κ3) is 0.720. The number of allylic oxidation sites excluding steroid dienone is 2. The number of carbonyl (C=O) groups excluding carboxylic acids is 1. The molecule has 3 aliphatic rings. The van der Waals surface area contributed by atoms with Crippen molar-refractivity contribution in [2.45, 2.75) is 32.6 Å². The van der Waals surface area contributed by atoms with E-state index in [9.17, 15) is 4.79 Å². The lowest BCUT2D eigenvalue weighted by molar-refractivity contribution is -0.115. The number of ketones is 1. The van der Waals surface area contributed by atoms with Crippen molar-refractivity contribution in [3.8, 4) is 0 Å². The van der Waals surface area contributed by atoms with E-state index in [1.807, 2.05) is 6.08 Å². The van der Waals surface area contributed by atoms with E-state index in [1.54, 1.807) is 0 Å². The Morgan fingerprint density at radius 2 is 2.42 bits per heavy atom. The largest absolute Gasteiger partial charge is 0.295 e. The van der Waals surface area contributed by atoms with Gasteiger partial charge >= 0.3 is 0 Å². The Labute approximate surface area is 72.8 Å². The van der Waals surface area contributed by atoms with E-state index in [0.29, 0.717) is 5.78 Å². The number of carbonyl (C=O) groups is 1. The fourth-order valence-corrected chi connectivity index (χ4v) is 3.12. The Kier molecular flexibility index (Phi) is 1.05. The van der Waals surface area contributed by atoms with Crippen molar-refractivity contribution < 1.29 is 4.79 Å². The zero-order chi connectivity index (χ0) is 8.34. The van der Waals surface area contributed by atoms with Crippen molar-refractivity contribution in [2.75, 3.05) is 0 Å². The normalized spacial score (nSPS) is 49.8. The van der Waals surface area contributed by atoms with Gasteiger partial charge in [-0.3, -0.25) is 4.79 Å². The molecule has 0 radical (unpaired) electrons. The molecule has 3 atom stereocenters. The minimum absolute atomic E-state index is 0.286. The van der Waals surface area contributed by atoms with Gasteiger partial charge in [0.15, 0.2) is 5.78 Å². The highest BCUT2D eigenvalue weighted by Crippen LogP contribution is 2.61. The Morgan fingerprint density at radius 1 is 1.58 bits per heavy atom. The molecule has 0 saturated heterocycles. The lowest BCUT2D eigenvalue weighted by Crippen LogP contribution is -2.21. The molecule has 2 fully saturated rings. The summed E-state index contributed by atoms with van der Waals surface area (Å²) in [5.41, 5.74) is 1.79. The molecule has 0 aliphatic heterocycles. The van der Waals surface area contributed by atoms with E-state index in [1.165, 1.54) is 24.8 Å². The number of hydrogen-bond acceptors (Lipinski definition) is 1. The maximum absolute atomic E-state index is 11.3. The van der Waals surface area contributed by atoms with Crippen LogP contribution in [0.3, 0.4) is 0 Å². The van der Waals surface area contributed by atoms with Gasteiger partial charge in [0.1, 0.15) is 0 Å². The minimum Gasteiger partial charge on any atom is -0.295 e. The highest BCUT2D eigenvalue weighted by molar-refractivity contribution is 5.94. The van der Waals surface area contributed by atoms with Gasteiger partial charge in [0.25, 0.3) is 0 Å². The van der Waals surface area contributed by atoms with E-state index in [0.717, 1.165) is 18.3 Å². The van der Waals surface area contributed by atoms with Gasteiger partial charge in [-0.05, 0) is 42.6 Å². The molecule has 12 heavy (non-hydrogen) atoms. The molecule has 2 saturated carbocycles. The fraction of sp³-hybridized carbons (Fsp3) is 0.727. The molecular formula is C11H14O. The van der Waals surface area contributed by atoms with Gasteiger partial charge < -0.3 is 0 Å². The summed E-state index contributed by atoms with van der Waals surface area (Å²) in [5, 5.41) is 0. The molecular weight excluding hydrogens is 148 g/mol. The standard InChI is InChI=1S/C11H14O/c1-11-3-2-7-4-9(7)10(11)5-8(12)6-11/h5,7,9H,2-4,6H2,1H3/t7-,9+,11+/m0/s1. The second-order valence-electron chi connectivity index (χ2n) is 4.94. The highest BCUT2D eigenvalue weighted by Gasteiger charge is 2.53. The summed E-state index contributed by atoms with van der Waals surface area (Å²) in [6.07, 6.45) is 6.74. The zero-order valence-electron chi connectivity index (χ0n) is 7.47. The van der Waals surface area contributed by atoms with Crippen LogP contribution in [-0.4, -0.2) is 5.78 Å². The van der Waals surface area contributed by atoms with E-state index >= 15 is 0 Å². The summed E-state index contributed by atoms with van der Waals surface area (Å²) in [5.74, 6) is 2.14. The minimum atomic E-state index is 0.286. The Morgan fingerprint density at radius 3 is 3.25 bits per heavy atom. The topological polar surface area (TPSA) is 17.1 Å². The summed E-state index contributed by atoms with van der Waals surface area (Å²) in [7, 11) is 0. The first kappa shape index (κ1) is 6.88. The summed E-state index contributed by atoms with van der Waals surface area (Å²) in [6.45, 7) is 2.28. The molecule has 1 nitrogen and oxygen atoms in total. The SMILES string of the molecule is C[C@]12CC[C@H]3C[C@H]3C1=CC(=O)C2. The molecule has 0 bridgehead atoms. The quantitative estimate of drug-likeness (QED) is 0.534. The number of rotatable bonds is 0. The molecule has 0 heterocycles. The van der Waals surface area contributed by atoms with Crippen molar-refractivity contribution in [3.63, 3.8) is 0 Å². The molecule has 0 aromatic rings. The zero-order valence-corrected chi connectivity index (χ0v) is 7.47. The Hall–Kier alpha value is -0.590. The molecule has 1 heteroatoms. The van der Waals surface area contributed by atoms with Crippen LogP contribution >= 0.6 is 0 Å². The fourth-order valence-electron chi connectivity index (χ4n) is 3.12. The van der Waals surface area contributed by atoms with Crippen LogP contribution in [-0.2, 0) is 4.79 Å². The Balaban J connectivity index is 2.03. The van der Waals surface area contributed by atoms with Gasteiger partial charge in [0.05, 0.1) is 0 Å². The maximum Gasteiger partial charge on any atom is 0.156 e. The van der Waals surface area contributed by atoms with Crippen LogP contribution in [0.1, 0.15) is 32.6 Å². The van der Waals surface area contributed by atoms with E-state index in [-0.39, 0.29) is 5.41 Å². The second kappa shape index (κ2) is 1.84. The summed E-state index contributed by atoms with van der Waals surface area (Å²) in [4.78, 5) is 11.3. The van der Waals surface area contributed by atoms with Gasteiger partial charge in [0.2, 0.25) is 0 Å². The van der Waals surface area contributed by atoms with Gasteiger partial charge in [-0.25, -0.2) is 0 Å². The summed E-state index contributed by atoms with van der Waals surface area (Å²) in [6, 6.07) is 0. The molecule has 3 rings (SSSR count). The third-order valence-corrected chi connectivity index (χ3v) is 3.97. The number of hydrogen-bond donors (Lipinski definition) is 0. The van der Waals surface area contributed by atoms with Crippen LogP contribution in [0, 0.1) is 17.3 Å². The van der Waals surface area contributed by atoms with Crippen molar-refractivity contribution in [3.05, 3.63) is 11.6 Å². The average molecular weight is 162 g/mol. The van der Waals surface area contributed by atoms with Gasteiger partial charge in [0, 0.05) is 6.42 Å². The monoisotopic (exact) mass is 162 g/mol. The molecule has 3 aliphatic carbocycles. The van der Waals surface area contributed by atoms with Crippen molar-refractivity contribution in [1.82, 2.24) is 0 Å². The molecule has 0 amide bonds. The maximum atomic E-state index is 11.3. The Bertz CT molecular complexity index is 289. The highest BCUT2D eigenvalue weighted by atomic mass is 16.1. The average Bonchev–Trinajstić information content (AvgIpc) is 2.69. The van der Waals surface area contributed by atoms with E-state index < -0.39 is 0 Å². The molecule has 0 N–H and O–H groups in total. The van der Waals surface area contributed by atoms with Crippen LogP contribution in [0.25, 0.3) is 0 Å². The van der Waals surface area contributed by atoms with Crippen molar-refractivity contribution in [1.29, 1.82) is 0 Å². The smallest absolute Gasteiger partial charge is 0.156 e.